The van der Waals surface area contributed by atoms with Gasteiger partial charge in [-0.05, 0) is 31.2 Å². The molecule has 3 heterocycles. The molecule has 0 unspecified atom stereocenters. The number of H-pyrrole nitrogens is 2. The summed E-state index contributed by atoms with van der Waals surface area (Å²) in [6.07, 6.45) is 0. The van der Waals surface area contributed by atoms with E-state index in [-0.39, 0.29) is 45.9 Å². The first-order chi connectivity index (χ1) is 19.2. The molecule has 0 fully saturated rings. The van der Waals surface area contributed by atoms with E-state index in [1.54, 1.807) is 25.1 Å². The summed E-state index contributed by atoms with van der Waals surface area (Å²) in [5.74, 6) is -0.120. The second-order valence-corrected chi connectivity index (χ2v) is 8.71. The molecule has 0 radical (unpaired) electrons. The third kappa shape index (κ3) is 4.25. The van der Waals surface area contributed by atoms with Crippen LogP contribution in [0.3, 0.4) is 0 Å². The number of imidazole rings is 1. The fourth-order valence-corrected chi connectivity index (χ4v) is 4.49. The van der Waals surface area contributed by atoms with E-state index in [9.17, 15) is 19.8 Å². The first-order valence-corrected chi connectivity index (χ1v) is 11.9. The van der Waals surface area contributed by atoms with Gasteiger partial charge in [0.25, 0.3) is 0 Å². The van der Waals surface area contributed by atoms with Gasteiger partial charge in [-0.25, -0.2) is 9.78 Å². The summed E-state index contributed by atoms with van der Waals surface area (Å²) >= 11 is 0. The van der Waals surface area contributed by atoms with Crippen molar-refractivity contribution in [1.82, 2.24) is 15.0 Å². The molecule has 0 saturated carbocycles. The first kappa shape index (κ1) is 26.2. The standard InChI is InChI=1S/C28H25N3O9/c1-12-8-17(33)25(34)26(40-12)24-22(13-6-7-16(32)18(9-13)36-2)30-27(31-24)21-14-10-19(37-3)20(38-4)11-15(14)29-23(21)28(35)39-5/h6-11,29,32,34H,1-5H3,(H,30,31). The van der Waals surface area contributed by atoms with Gasteiger partial charge in [0.05, 0.1) is 39.5 Å². The van der Waals surface area contributed by atoms with Gasteiger partial charge >= 0.3 is 5.97 Å². The maximum absolute atomic E-state index is 12.9. The number of nitrogens with zero attached hydrogens (tertiary/aromatic N) is 1. The van der Waals surface area contributed by atoms with Gasteiger partial charge in [0.15, 0.2) is 28.8 Å². The Morgan fingerprint density at radius 2 is 1.62 bits per heavy atom. The van der Waals surface area contributed by atoms with Gasteiger partial charge in [-0.15, -0.1) is 0 Å². The lowest BCUT2D eigenvalue weighted by Gasteiger charge is -2.08. The molecule has 0 atom stereocenters. The monoisotopic (exact) mass is 547 g/mol. The van der Waals surface area contributed by atoms with Crippen LogP contribution in [-0.4, -0.2) is 59.6 Å². The summed E-state index contributed by atoms with van der Waals surface area (Å²) in [6.45, 7) is 1.57. The van der Waals surface area contributed by atoms with Crippen LogP contribution in [0.5, 0.6) is 28.7 Å². The number of carbonyl (C=O) groups is 1. The number of aromatic amines is 2. The largest absolute Gasteiger partial charge is 0.504 e. The third-order valence-electron chi connectivity index (χ3n) is 6.36. The Kier molecular flexibility index (Phi) is 6.59. The number of hydrogen-bond acceptors (Lipinski definition) is 10. The Balaban J connectivity index is 1.87. The molecule has 0 aliphatic carbocycles. The Morgan fingerprint density at radius 3 is 2.30 bits per heavy atom. The zero-order valence-electron chi connectivity index (χ0n) is 22.2. The van der Waals surface area contributed by atoms with Crippen molar-refractivity contribution in [2.75, 3.05) is 28.4 Å². The van der Waals surface area contributed by atoms with E-state index in [0.29, 0.717) is 33.5 Å². The highest BCUT2D eigenvalue weighted by Gasteiger charge is 2.28. The number of rotatable bonds is 7. The van der Waals surface area contributed by atoms with Crippen molar-refractivity contribution < 1.29 is 38.4 Å². The molecule has 0 aliphatic rings. The average molecular weight is 548 g/mol. The minimum atomic E-state index is -0.667. The van der Waals surface area contributed by atoms with Crippen molar-refractivity contribution in [3.63, 3.8) is 0 Å². The molecule has 206 valence electrons. The van der Waals surface area contributed by atoms with Crippen LogP contribution in [0.1, 0.15) is 16.2 Å². The minimum Gasteiger partial charge on any atom is -0.504 e. The van der Waals surface area contributed by atoms with E-state index >= 15 is 0 Å². The topological polar surface area (TPSA) is 169 Å². The van der Waals surface area contributed by atoms with Crippen LogP contribution in [0.2, 0.25) is 0 Å². The number of aromatic hydroxyl groups is 2. The van der Waals surface area contributed by atoms with Crippen LogP contribution >= 0.6 is 0 Å². The molecule has 12 heteroatoms. The van der Waals surface area contributed by atoms with Crippen molar-refractivity contribution in [1.29, 1.82) is 0 Å². The van der Waals surface area contributed by atoms with Crippen molar-refractivity contribution in [2.24, 2.45) is 0 Å². The lowest BCUT2D eigenvalue weighted by atomic mass is 10.1. The zero-order valence-corrected chi connectivity index (χ0v) is 22.2. The number of benzene rings is 2. The van der Waals surface area contributed by atoms with Crippen LogP contribution in [0.4, 0.5) is 0 Å². The van der Waals surface area contributed by atoms with Gasteiger partial charge < -0.3 is 43.5 Å². The number of carbonyl (C=O) groups excluding carboxylic acids is 1. The minimum absolute atomic E-state index is 0.0814. The Morgan fingerprint density at radius 1 is 0.925 bits per heavy atom. The first-order valence-electron chi connectivity index (χ1n) is 11.9. The Bertz CT molecular complexity index is 1830. The van der Waals surface area contributed by atoms with Gasteiger partial charge in [-0.2, -0.15) is 0 Å². The Hall–Kier alpha value is -5.39. The molecule has 5 rings (SSSR count). The molecule has 4 N–H and O–H groups in total. The van der Waals surface area contributed by atoms with Gasteiger partial charge in [-0.1, -0.05) is 0 Å². The zero-order chi connectivity index (χ0) is 28.7. The normalized spacial score (nSPS) is 11.0. The molecule has 0 aliphatic heterocycles. The van der Waals surface area contributed by atoms with Crippen LogP contribution in [0.25, 0.3) is 45.0 Å². The van der Waals surface area contributed by atoms with E-state index in [1.807, 2.05) is 0 Å². The number of aromatic nitrogens is 3. The molecule has 0 saturated heterocycles. The van der Waals surface area contributed by atoms with Crippen LogP contribution < -0.4 is 19.6 Å². The Labute approximate surface area is 226 Å². The second kappa shape index (κ2) is 10.1. The summed E-state index contributed by atoms with van der Waals surface area (Å²) in [4.78, 5) is 36.3. The molecule has 0 bridgehead atoms. The van der Waals surface area contributed by atoms with E-state index in [2.05, 4.69) is 9.97 Å². The van der Waals surface area contributed by atoms with Crippen LogP contribution in [0.15, 0.2) is 45.6 Å². The number of phenolic OH excluding ortho intramolecular Hbond substituents is 1. The predicted octanol–water partition coefficient (Wildman–Crippen LogP) is 4.38. The molecule has 3 aromatic heterocycles. The number of hydrogen-bond donors (Lipinski definition) is 4. The number of fused-ring (bicyclic) bond motifs is 1. The fourth-order valence-electron chi connectivity index (χ4n) is 4.49. The average Bonchev–Trinajstić information content (AvgIpc) is 3.55. The van der Waals surface area contributed by atoms with Crippen LogP contribution in [0, 0.1) is 6.92 Å². The van der Waals surface area contributed by atoms with Crippen molar-refractivity contribution >= 4 is 16.9 Å². The maximum Gasteiger partial charge on any atom is 0.355 e. The number of aryl methyl sites for hydroxylation is 1. The van der Waals surface area contributed by atoms with Crippen molar-refractivity contribution in [2.45, 2.75) is 6.92 Å². The molecular formula is C28H25N3O9. The molecule has 0 amide bonds. The molecule has 2 aromatic carbocycles. The fraction of sp³-hybridized carbons (Fsp3) is 0.179. The van der Waals surface area contributed by atoms with Gasteiger partial charge in [-0.3, -0.25) is 4.79 Å². The smallest absolute Gasteiger partial charge is 0.355 e. The van der Waals surface area contributed by atoms with E-state index < -0.39 is 17.1 Å². The highest BCUT2D eigenvalue weighted by molar-refractivity contribution is 6.08. The SMILES string of the molecule is COC(=O)c1[nH]c2cc(OC)c(OC)cc2c1-c1nc(-c2ccc(O)c(OC)c2)c(-c2oc(C)cc(=O)c2O)[nH]1. The molecule has 40 heavy (non-hydrogen) atoms. The summed E-state index contributed by atoms with van der Waals surface area (Å²) in [5.41, 5.74) is 1.13. The maximum atomic E-state index is 12.9. The summed E-state index contributed by atoms with van der Waals surface area (Å²) in [6, 6.07) is 9.05. The molecule has 0 spiro atoms. The third-order valence-corrected chi connectivity index (χ3v) is 6.36. The lowest BCUT2D eigenvalue weighted by Crippen LogP contribution is -2.03. The number of phenols is 1. The predicted molar refractivity (Wildman–Crippen MR) is 144 cm³/mol. The van der Waals surface area contributed by atoms with Gasteiger partial charge in [0.1, 0.15) is 28.7 Å². The molecular weight excluding hydrogens is 522 g/mol. The molecule has 12 nitrogen and oxygen atoms in total. The van der Waals surface area contributed by atoms with E-state index in [4.69, 9.17) is 28.3 Å². The number of nitrogens with one attached hydrogen (secondary N) is 2. The number of ether oxygens (including phenoxy) is 4. The quantitative estimate of drug-likeness (QED) is 0.215. The summed E-state index contributed by atoms with van der Waals surface area (Å²) in [5, 5.41) is 21.4. The highest BCUT2D eigenvalue weighted by atomic mass is 16.5. The summed E-state index contributed by atoms with van der Waals surface area (Å²) < 4.78 is 26.9. The van der Waals surface area contributed by atoms with Crippen LogP contribution in [-0.2, 0) is 4.74 Å². The lowest BCUT2D eigenvalue weighted by molar-refractivity contribution is 0.0596. The van der Waals surface area contributed by atoms with E-state index in [0.717, 1.165) is 6.07 Å². The van der Waals surface area contributed by atoms with E-state index in [1.165, 1.54) is 40.6 Å². The van der Waals surface area contributed by atoms with Gasteiger partial charge in [0, 0.05) is 23.1 Å². The highest BCUT2D eigenvalue weighted by Crippen LogP contribution is 2.43. The second-order valence-electron chi connectivity index (χ2n) is 8.71. The van der Waals surface area contributed by atoms with Crippen molar-refractivity contribution in [3.05, 3.63) is 58.1 Å². The number of esters is 1. The molecule has 5 aromatic rings. The number of methoxy groups -OCH3 is 4. The van der Waals surface area contributed by atoms with Crippen molar-refractivity contribution in [3.8, 4) is 62.8 Å². The van der Waals surface area contributed by atoms with Gasteiger partial charge in [0.2, 0.25) is 11.2 Å². The summed E-state index contributed by atoms with van der Waals surface area (Å²) in [7, 11) is 5.63.